The molecule has 3 amide bonds. The third kappa shape index (κ3) is 9.16. The number of phenols is 1. The summed E-state index contributed by atoms with van der Waals surface area (Å²) >= 11 is 0. The molecular formula is C24H39N3O5. The quantitative estimate of drug-likeness (QED) is 0.496. The number of amides is 3. The summed E-state index contributed by atoms with van der Waals surface area (Å²) in [5.41, 5.74) is -0.851. The number of carbonyl (C=O) groups excluding carboxylic acids is 3. The summed E-state index contributed by atoms with van der Waals surface area (Å²) in [6.07, 6.45) is 2.16. The summed E-state index contributed by atoms with van der Waals surface area (Å²) in [6, 6.07) is 5.29. The highest BCUT2D eigenvalue weighted by atomic mass is 16.6. The third-order valence-corrected chi connectivity index (χ3v) is 4.57. The van der Waals surface area contributed by atoms with E-state index in [4.69, 9.17) is 4.74 Å². The first-order valence-corrected chi connectivity index (χ1v) is 11.1. The topological polar surface area (TPSA) is 108 Å². The SMILES string of the molecule is CCCCCNC(=O)C(c1ccc(O)cc1)N(C(=O)CNC(=O)OC(C)(C)C)C(C)(C)C. The zero-order valence-corrected chi connectivity index (χ0v) is 20.4. The largest absolute Gasteiger partial charge is 0.508 e. The summed E-state index contributed by atoms with van der Waals surface area (Å²) in [6.45, 7) is 13.0. The van der Waals surface area contributed by atoms with E-state index in [2.05, 4.69) is 17.6 Å². The molecular weight excluding hydrogens is 410 g/mol. The Morgan fingerprint density at radius 2 is 1.59 bits per heavy atom. The summed E-state index contributed by atoms with van der Waals surface area (Å²) in [5.74, 6) is -0.673. The first kappa shape index (κ1) is 27.3. The van der Waals surface area contributed by atoms with Crippen molar-refractivity contribution in [2.24, 2.45) is 0 Å². The molecule has 1 aromatic rings. The molecule has 0 radical (unpaired) electrons. The van der Waals surface area contributed by atoms with Crippen LogP contribution >= 0.6 is 0 Å². The van der Waals surface area contributed by atoms with E-state index in [9.17, 15) is 19.5 Å². The average molecular weight is 450 g/mol. The van der Waals surface area contributed by atoms with Crippen molar-refractivity contribution >= 4 is 17.9 Å². The molecule has 0 aliphatic carbocycles. The van der Waals surface area contributed by atoms with Crippen LogP contribution in [0.15, 0.2) is 24.3 Å². The van der Waals surface area contributed by atoms with Crippen LogP contribution in [0.25, 0.3) is 0 Å². The van der Waals surface area contributed by atoms with Gasteiger partial charge >= 0.3 is 6.09 Å². The lowest BCUT2D eigenvalue weighted by Crippen LogP contribution is -2.55. The van der Waals surface area contributed by atoms with Crippen molar-refractivity contribution in [1.82, 2.24) is 15.5 Å². The predicted octanol–water partition coefficient (Wildman–Crippen LogP) is 3.89. The number of rotatable bonds is 9. The molecule has 0 aliphatic rings. The van der Waals surface area contributed by atoms with Crippen molar-refractivity contribution in [2.75, 3.05) is 13.1 Å². The minimum absolute atomic E-state index is 0.0658. The maximum absolute atomic E-state index is 13.2. The normalized spacial score (nSPS) is 12.6. The number of nitrogens with zero attached hydrogens (tertiary/aromatic N) is 1. The van der Waals surface area contributed by atoms with Gasteiger partial charge in [-0.15, -0.1) is 0 Å². The number of carbonyl (C=O) groups is 3. The molecule has 0 bridgehead atoms. The summed E-state index contributed by atoms with van der Waals surface area (Å²) < 4.78 is 5.21. The van der Waals surface area contributed by atoms with Gasteiger partial charge < -0.3 is 25.4 Å². The van der Waals surface area contributed by atoms with Crippen molar-refractivity contribution in [3.63, 3.8) is 0 Å². The standard InChI is InChI=1S/C24H39N3O5/c1-8-9-10-15-25-21(30)20(17-11-13-18(28)14-12-17)27(23(2,3)4)19(29)16-26-22(31)32-24(5,6)7/h11-14,20,28H,8-10,15-16H2,1-7H3,(H,25,30)(H,26,31). The molecule has 180 valence electrons. The molecule has 0 heterocycles. The number of ether oxygens (including phenoxy) is 1. The number of phenolic OH excluding ortho intramolecular Hbond substituents is 1. The van der Waals surface area contributed by atoms with Crippen LogP contribution in [0.5, 0.6) is 5.75 Å². The minimum Gasteiger partial charge on any atom is -0.508 e. The third-order valence-electron chi connectivity index (χ3n) is 4.57. The van der Waals surface area contributed by atoms with Gasteiger partial charge in [-0.25, -0.2) is 4.79 Å². The lowest BCUT2D eigenvalue weighted by atomic mass is 9.96. The fourth-order valence-electron chi connectivity index (χ4n) is 3.21. The van der Waals surface area contributed by atoms with Crippen molar-refractivity contribution in [2.45, 2.75) is 84.9 Å². The molecule has 0 fully saturated rings. The van der Waals surface area contributed by atoms with Gasteiger partial charge in [-0.05, 0) is 65.7 Å². The second kappa shape index (κ2) is 11.7. The summed E-state index contributed by atoms with van der Waals surface area (Å²) in [7, 11) is 0. The van der Waals surface area contributed by atoms with E-state index < -0.39 is 29.2 Å². The Morgan fingerprint density at radius 3 is 2.09 bits per heavy atom. The van der Waals surface area contributed by atoms with Crippen molar-refractivity contribution in [1.29, 1.82) is 0 Å². The highest BCUT2D eigenvalue weighted by Gasteiger charge is 2.38. The molecule has 1 rings (SSSR count). The highest BCUT2D eigenvalue weighted by Crippen LogP contribution is 2.30. The Balaban J connectivity index is 3.17. The van der Waals surface area contributed by atoms with E-state index >= 15 is 0 Å². The van der Waals surface area contributed by atoms with Gasteiger partial charge in [0, 0.05) is 12.1 Å². The Morgan fingerprint density at radius 1 is 1.00 bits per heavy atom. The van der Waals surface area contributed by atoms with E-state index in [1.54, 1.807) is 32.9 Å². The zero-order valence-electron chi connectivity index (χ0n) is 20.4. The van der Waals surface area contributed by atoms with Crippen LogP contribution in [0.4, 0.5) is 4.79 Å². The highest BCUT2D eigenvalue weighted by molar-refractivity contribution is 5.91. The molecule has 32 heavy (non-hydrogen) atoms. The second-order valence-corrected chi connectivity index (χ2v) is 9.78. The Labute approximate surface area is 191 Å². The van der Waals surface area contributed by atoms with Crippen LogP contribution < -0.4 is 10.6 Å². The van der Waals surface area contributed by atoms with E-state index in [0.717, 1.165) is 19.3 Å². The molecule has 3 N–H and O–H groups in total. The lowest BCUT2D eigenvalue weighted by Gasteiger charge is -2.41. The number of hydrogen-bond acceptors (Lipinski definition) is 5. The number of unbranched alkanes of at least 4 members (excludes halogenated alkanes) is 2. The van der Waals surface area contributed by atoms with Gasteiger partial charge in [0.25, 0.3) is 0 Å². The molecule has 0 saturated heterocycles. The van der Waals surface area contributed by atoms with Crippen LogP contribution in [0.2, 0.25) is 0 Å². The van der Waals surface area contributed by atoms with Gasteiger partial charge in [0.05, 0.1) is 0 Å². The average Bonchev–Trinajstić information content (AvgIpc) is 2.66. The van der Waals surface area contributed by atoms with Crippen molar-refractivity contribution in [3.8, 4) is 5.75 Å². The number of aromatic hydroxyl groups is 1. The molecule has 8 heteroatoms. The smallest absolute Gasteiger partial charge is 0.408 e. The number of nitrogens with one attached hydrogen (secondary N) is 2. The maximum atomic E-state index is 13.2. The van der Waals surface area contributed by atoms with Crippen LogP contribution in [-0.2, 0) is 14.3 Å². The molecule has 1 aromatic carbocycles. The first-order chi connectivity index (χ1) is 14.8. The molecule has 1 unspecified atom stereocenters. The fraction of sp³-hybridized carbons (Fsp3) is 0.625. The zero-order chi connectivity index (χ0) is 24.5. The van der Waals surface area contributed by atoms with Crippen LogP contribution in [0.1, 0.15) is 79.3 Å². The fourth-order valence-corrected chi connectivity index (χ4v) is 3.21. The van der Waals surface area contributed by atoms with E-state index in [0.29, 0.717) is 12.1 Å². The van der Waals surface area contributed by atoms with Crippen molar-refractivity contribution in [3.05, 3.63) is 29.8 Å². The van der Waals surface area contributed by atoms with Gasteiger partial charge in [-0.2, -0.15) is 0 Å². The molecule has 0 aliphatic heterocycles. The number of benzene rings is 1. The first-order valence-electron chi connectivity index (χ1n) is 11.1. The molecule has 0 saturated carbocycles. The van der Waals surface area contributed by atoms with Crippen LogP contribution in [0, 0.1) is 0 Å². The van der Waals surface area contributed by atoms with E-state index in [1.165, 1.54) is 17.0 Å². The molecule has 8 nitrogen and oxygen atoms in total. The predicted molar refractivity (Wildman–Crippen MR) is 124 cm³/mol. The van der Waals surface area contributed by atoms with E-state index in [-0.39, 0.29) is 18.2 Å². The van der Waals surface area contributed by atoms with E-state index in [1.807, 2.05) is 20.8 Å². The van der Waals surface area contributed by atoms with Gasteiger partial charge in [0.1, 0.15) is 23.9 Å². The molecule has 1 atom stereocenters. The molecule has 0 aromatic heterocycles. The van der Waals surface area contributed by atoms with Crippen LogP contribution in [-0.4, -0.2) is 52.1 Å². The number of hydrogen-bond donors (Lipinski definition) is 3. The van der Waals surface area contributed by atoms with Gasteiger partial charge in [-0.3, -0.25) is 9.59 Å². The lowest BCUT2D eigenvalue weighted by molar-refractivity contribution is -0.145. The molecule has 0 spiro atoms. The van der Waals surface area contributed by atoms with Gasteiger partial charge in [-0.1, -0.05) is 31.9 Å². The summed E-state index contributed by atoms with van der Waals surface area (Å²) in [5, 5.41) is 15.1. The Hall–Kier alpha value is -2.77. The van der Waals surface area contributed by atoms with Crippen molar-refractivity contribution < 1.29 is 24.2 Å². The van der Waals surface area contributed by atoms with Crippen LogP contribution in [0.3, 0.4) is 0 Å². The Bertz CT molecular complexity index is 763. The Kier molecular flexibility index (Phi) is 10.0. The summed E-state index contributed by atoms with van der Waals surface area (Å²) in [4.78, 5) is 40.0. The van der Waals surface area contributed by atoms with Gasteiger partial charge in [0.2, 0.25) is 11.8 Å². The minimum atomic E-state index is -0.926. The second-order valence-electron chi connectivity index (χ2n) is 9.78. The number of alkyl carbamates (subject to hydrolysis) is 1. The van der Waals surface area contributed by atoms with Gasteiger partial charge in [0.15, 0.2) is 0 Å². The maximum Gasteiger partial charge on any atom is 0.408 e. The monoisotopic (exact) mass is 449 g/mol.